The summed E-state index contributed by atoms with van der Waals surface area (Å²) in [5, 5.41) is 9.51. The van der Waals surface area contributed by atoms with Crippen molar-refractivity contribution in [3.05, 3.63) is 51.5 Å². The van der Waals surface area contributed by atoms with E-state index in [-0.39, 0.29) is 6.04 Å². The average molecular weight is 299 g/mol. The highest BCUT2D eigenvalue weighted by molar-refractivity contribution is 7.09. The van der Waals surface area contributed by atoms with Gasteiger partial charge in [0.1, 0.15) is 6.04 Å². The highest BCUT2D eigenvalue weighted by Gasteiger charge is 2.26. The molecule has 0 amide bonds. The van der Waals surface area contributed by atoms with Crippen molar-refractivity contribution in [2.75, 3.05) is 6.54 Å². The highest BCUT2D eigenvalue weighted by Crippen LogP contribution is 2.30. The van der Waals surface area contributed by atoms with E-state index in [4.69, 9.17) is 0 Å². The Labute approximate surface area is 130 Å². The molecular weight excluding hydrogens is 278 g/mol. The van der Waals surface area contributed by atoms with E-state index < -0.39 is 0 Å². The molecule has 0 bridgehead atoms. The Morgan fingerprint density at radius 1 is 1.29 bits per heavy atom. The first-order chi connectivity index (χ1) is 10.3. The predicted molar refractivity (Wildman–Crippen MR) is 87.1 cm³/mol. The Morgan fingerprint density at radius 2 is 2.00 bits per heavy atom. The molecule has 1 aromatic carbocycles. The molecule has 1 aromatic heterocycles. The van der Waals surface area contributed by atoms with Crippen molar-refractivity contribution in [1.82, 2.24) is 9.88 Å². The zero-order chi connectivity index (χ0) is 15.2. The lowest BCUT2D eigenvalue weighted by molar-refractivity contribution is 0.218. The zero-order valence-corrected chi connectivity index (χ0v) is 13.7. The number of nitriles is 1. The van der Waals surface area contributed by atoms with Crippen LogP contribution >= 0.6 is 11.3 Å². The van der Waals surface area contributed by atoms with Gasteiger partial charge in [0.2, 0.25) is 0 Å². The molecule has 1 aliphatic rings. The summed E-state index contributed by atoms with van der Waals surface area (Å²) in [4.78, 5) is 7.60. The molecule has 1 unspecified atom stereocenters. The van der Waals surface area contributed by atoms with Crippen LogP contribution < -0.4 is 0 Å². The van der Waals surface area contributed by atoms with Gasteiger partial charge in [0.15, 0.2) is 0 Å². The second-order valence-electron chi connectivity index (χ2n) is 4.82. The number of hydrogen-bond donors (Lipinski definition) is 0. The number of thiazole rings is 1. The first-order valence-electron chi connectivity index (χ1n) is 7.40. The molecule has 0 fully saturated rings. The minimum atomic E-state index is -0.166. The predicted octanol–water partition coefficient (Wildman–Crippen LogP) is 4.10. The Morgan fingerprint density at radius 3 is 2.62 bits per heavy atom. The fourth-order valence-electron chi connectivity index (χ4n) is 2.62. The van der Waals surface area contributed by atoms with Gasteiger partial charge in [0.25, 0.3) is 0 Å². The fraction of sp³-hybridized carbons (Fsp3) is 0.412. The Kier molecular flexibility index (Phi) is 5.49. The largest absolute Gasteiger partial charge is 0.279 e. The molecule has 3 nitrogen and oxygen atoms in total. The third-order valence-electron chi connectivity index (χ3n) is 3.68. The molecular formula is C17H21N3S. The van der Waals surface area contributed by atoms with Gasteiger partial charge in [0, 0.05) is 13.1 Å². The van der Waals surface area contributed by atoms with Crippen molar-refractivity contribution in [2.45, 2.75) is 39.8 Å². The van der Waals surface area contributed by atoms with Gasteiger partial charge in [-0.1, -0.05) is 38.1 Å². The molecule has 0 spiro atoms. The fourth-order valence-corrected chi connectivity index (χ4v) is 3.50. The first kappa shape index (κ1) is 15.7. The summed E-state index contributed by atoms with van der Waals surface area (Å²) in [5.41, 5.74) is 5.57. The third-order valence-corrected chi connectivity index (χ3v) is 4.66. The maximum atomic E-state index is 9.51. The van der Waals surface area contributed by atoms with Crippen molar-refractivity contribution >= 4 is 11.3 Å². The van der Waals surface area contributed by atoms with Crippen LogP contribution in [-0.2, 0) is 13.0 Å². The summed E-state index contributed by atoms with van der Waals surface area (Å²) in [5.74, 6) is 0. The van der Waals surface area contributed by atoms with Crippen LogP contribution in [0.4, 0.5) is 0 Å². The van der Waals surface area contributed by atoms with E-state index in [9.17, 15) is 5.26 Å². The van der Waals surface area contributed by atoms with E-state index in [1.807, 2.05) is 26.3 Å². The van der Waals surface area contributed by atoms with Crippen molar-refractivity contribution in [3.8, 4) is 6.07 Å². The van der Waals surface area contributed by atoms with Crippen molar-refractivity contribution < 1.29 is 0 Å². The lowest BCUT2D eigenvalue weighted by atomic mass is 9.98. The first-order valence-corrected chi connectivity index (χ1v) is 8.28. The number of hydrogen-bond acceptors (Lipinski definition) is 4. The minimum absolute atomic E-state index is 0.166. The summed E-state index contributed by atoms with van der Waals surface area (Å²) >= 11 is 1.58. The van der Waals surface area contributed by atoms with E-state index in [1.54, 1.807) is 11.3 Å². The van der Waals surface area contributed by atoms with E-state index >= 15 is 0 Å². The molecule has 0 N–H and O–H groups in total. The minimum Gasteiger partial charge on any atom is -0.279 e. The maximum absolute atomic E-state index is 9.51. The van der Waals surface area contributed by atoms with E-state index in [1.165, 1.54) is 11.1 Å². The zero-order valence-electron chi connectivity index (χ0n) is 12.8. The summed E-state index contributed by atoms with van der Waals surface area (Å²) < 4.78 is 0. The molecule has 0 saturated heterocycles. The number of aromatic nitrogens is 1. The third kappa shape index (κ3) is 3.31. The van der Waals surface area contributed by atoms with Crippen LogP contribution in [0.3, 0.4) is 0 Å². The molecule has 2 aromatic rings. The number of fused-ring (bicyclic) bond motifs is 1. The van der Waals surface area contributed by atoms with Crippen molar-refractivity contribution in [3.63, 3.8) is 0 Å². The highest BCUT2D eigenvalue weighted by atomic mass is 32.1. The van der Waals surface area contributed by atoms with Gasteiger partial charge < -0.3 is 0 Å². The SMILES string of the molecule is CC.Cc1ncsc1C(C#N)N1CCc2ccccc2C1. The Balaban J connectivity index is 0.000000774. The number of rotatable bonds is 2. The molecule has 1 atom stereocenters. The number of benzene rings is 1. The Hall–Kier alpha value is -1.70. The molecule has 21 heavy (non-hydrogen) atoms. The van der Waals surface area contributed by atoms with Crippen molar-refractivity contribution in [2.24, 2.45) is 0 Å². The van der Waals surface area contributed by atoms with Gasteiger partial charge in [-0.2, -0.15) is 5.26 Å². The molecule has 3 rings (SSSR count). The summed E-state index contributed by atoms with van der Waals surface area (Å²) in [7, 11) is 0. The van der Waals surface area contributed by atoms with Crippen LogP contribution in [-0.4, -0.2) is 16.4 Å². The van der Waals surface area contributed by atoms with E-state index in [0.717, 1.165) is 30.1 Å². The van der Waals surface area contributed by atoms with Crippen molar-refractivity contribution in [1.29, 1.82) is 5.26 Å². The second-order valence-corrected chi connectivity index (χ2v) is 5.71. The van der Waals surface area contributed by atoms with Crippen LogP contribution in [0.15, 0.2) is 29.8 Å². The van der Waals surface area contributed by atoms with Crippen LogP contribution in [0, 0.1) is 18.3 Å². The lowest BCUT2D eigenvalue weighted by Gasteiger charge is -2.31. The van der Waals surface area contributed by atoms with E-state index in [0.29, 0.717) is 0 Å². The van der Waals surface area contributed by atoms with Crippen LogP contribution in [0.1, 0.15) is 41.6 Å². The van der Waals surface area contributed by atoms with Gasteiger partial charge >= 0.3 is 0 Å². The number of nitrogens with zero attached hydrogens (tertiary/aromatic N) is 3. The molecule has 0 saturated carbocycles. The molecule has 110 valence electrons. The standard InChI is InChI=1S/C15H15N3S.C2H6/c1-11-15(19-10-17-11)14(8-16)18-7-6-12-4-2-3-5-13(12)9-18;1-2/h2-5,10,14H,6-7,9H2,1H3;1-2H3. The monoisotopic (exact) mass is 299 g/mol. The van der Waals surface area contributed by atoms with Gasteiger partial charge in [-0.3, -0.25) is 4.90 Å². The van der Waals surface area contributed by atoms with Crippen LogP contribution in [0.2, 0.25) is 0 Å². The molecule has 4 heteroatoms. The van der Waals surface area contributed by atoms with Gasteiger partial charge in [-0.05, 0) is 24.5 Å². The van der Waals surface area contributed by atoms with Gasteiger partial charge in [-0.25, -0.2) is 4.98 Å². The van der Waals surface area contributed by atoms with Crippen LogP contribution in [0.5, 0.6) is 0 Å². The summed E-state index contributed by atoms with van der Waals surface area (Å²) in [6.45, 7) is 7.77. The molecule has 1 aliphatic heterocycles. The Bertz CT molecular complexity index is 627. The summed E-state index contributed by atoms with van der Waals surface area (Å²) in [6, 6.07) is 10.8. The normalized spacial score (nSPS) is 15.3. The molecule has 0 aliphatic carbocycles. The van der Waals surface area contributed by atoms with Gasteiger partial charge in [-0.15, -0.1) is 11.3 Å². The maximum Gasteiger partial charge on any atom is 0.135 e. The topological polar surface area (TPSA) is 39.9 Å². The smallest absolute Gasteiger partial charge is 0.135 e. The number of aryl methyl sites for hydroxylation is 1. The average Bonchev–Trinajstić information content (AvgIpc) is 2.96. The van der Waals surface area contributed by atoms with E-state index in [2.05, 4.69) is 40.2 Å². The molecule has 2 heterocycles. The summed E-state index contributed by atoms with van der Waals surface area (Å²) in [6.07, 6.45) is 1.02. The quantitative estimate of drug-likeness (QED) is 0.838. The van der Waals surface area contributed by atoms with Crippen LogP contribution in [0.25, 0.3) is 0 Å². The molecule has 0 radical (unpaired) electrons. The van der Waals surface area contributed by atoms with Gasteiger partial charge in [0.05, 0.1) is 22.2 Å². The second kappa shape index (κ2) is 7.35. The lowest BCUT2D eigenvalue weighted by Crippen LogP contribution is -2.33.